The predicted molar refractivity (Wildman–Crippen MR) is 150 cm³/mol. The first-order valence-electron chi connectivity index (χ1n) is 12.4. The fraction of sp³-hybridized carbons (Fsp3) is 0.517. The maximum Gasteiger partial charge on any atom is 0.293 e. The Balaban J connectivity index is 2.41. The quantitative estimate of drug-likeness (QED) is 0.312. The van der Waals surface area contributed by atoms with Gasteiger partial charge in [-0.1, -0.05) is 70.2 Å². The number of nitrogens with zero attached hydrogens (tertiary/aromatic N) is 1. The van der Waals surface area contributed by atoms with Crippen molar-refractivity contribution in [2.75, 3.05) is 38.5 Å². The maximum absolute atomic E-state index is 13.9. The van der Waals surface area contributed by atoms with Crippen molar-refractivity contribution in [1.82, 2.24) is 4.90 Å². The average molecular weight is 502 g/mol. The van der Waals surface area contributed by atoms with Gasteiger partial charge in [-0.2, -0.15) is 0 Å². The molecule has 0 bridgehead atoms. The van der Waals surface area contributed by atoms with Gasteiger partial charge < -0.3 is 13.8 Å². The van der Waals surface area contributed by atoms with Gasteiger partial charge >= 0.3 is 0 Å². The maximum atomic E-state index is 13.9. The standard InChI is InChI=1S/C29H43NO4S/c1-9-23-11-13-25-14-12-24(18-26(25)17-23)15-16-29(5,20-34-35(7,8)10-2)28(32)30(6)27(22(3)4)19-33-21-31/h11-18,21-22,27H,9-10,19-20H2,1-8H3/b16-15+/t27?,29-/m1/s1. The van der Waals surface area contributed by atoms with E-state index >= 15 is 0 Å². The molecule has 194 valence electrons. The number of likely N-dealkylation sites (N-methyl/N-ethyl adjacent to an activating group) is 1. The highest BCUT2D eigenvalue weighted by atomic mass is 32.3. The molecule has 0 saturated carbocycles. The van der Waals surface area contributed by atoms with E-state index in [4.69, 9.17) is 8.92 Å². The van der Waals surface area contributed by atoms with Crippen LogP contribution in [0.25, 0.3) is 16.8 Å². The third-order valence-electron chi connectivity index (χ3n) is 6.76. The lowest BCUT2D eigenvalue weighted by molar-refractivity contribution is -0.145. The Morgan fingerprint density at radius 1 is 1.11 bits per heavy atom. The molecular formula is C29H43NO4S. The highest BCUT2D eigenvalue weighted by Gasteiger charge is 2.38. The third kappa shape index (κ3) is 7.84. The Morgan fingerprint density at radius 3 is 2.40 bits per heavy atom. The molecule has 0 aliphatic rings. The first kappa shape index (κ1) is 28.9. The van der Waals surface area contributed by atoms with Gasteiger partial charge in [-0.05, 0) is 65.5 Å². The van der Waals surface area contributed by atoms with Crippen molar-refractivity contribution >= 4 is 39.5 Å². The SMILES string of the molecule is CCc1ccc2ccc(/C=C/[C@](C)(COS(C)(C)CC)C(=O)N(C)C(COC=O)C(C)C)cc2c1. The zero-order valence-corrected chi connectivity index (χ0v) is 23.5. The summed E-state index contributed by atoms with van der Waals surface area (Å²) in [7, 11) is 0.527. The molecule has 5 nitrogen and oxygen atoms in total. The molecule has 1 amide bonds. The van der Waals surface area contributed by atoms with E-state index < -0.39 is 15.7 Å². The summed E-state index contributed by atoms with van der Waals surface area (Å²) < 4.78 is 11.4. The molecule has 2 rings (SSSR count). The van der Waals surface area contributed by atoms with Crippen molar-refractivity contribution in [2.24, 2.45) is 11.3 Å². The molecule has 0 saturated heterocycles. The van der Waals surface area contributed by atoms with Crippen LogP contribution in [0.15, 0.2) is 42.5 Å². The molecule has 2 aromatic rings. The molecule has 0 fully saturated rings. The summed E-state index contributed by atoms with van der Waals surface area (Å²) >= 11 is 0. The molecular weight excluding hydrogens is 458 g/mol. The van der Waals surface area contributed by atoms with E-state index in [1.807, 2.05) is 32.9 Å². The van der Waals surface area contributed by atoms with Crippen LogP contribution in [0.5, 0.6) is 0 Å². The fourth-order valence-electron chi connectivity index (χ4n) is 3.91. The Kier molecular flexibility index (Phi) is 10.4. The molecule has 0 heterocycles. The minimum Gasteiger partial charge on any atom is -0.466 e. The minimum absolute atomic E-state index is 0.0534. The summed E-state index contributed by atoms with van der Waals surface area (Å²) in [4.78, 5) is 26.4. The lowest BCUT2D eigenvalue weighted by Crippen LogP contribution is -2.50. The normalized spacial score (nSPS) is 15.2. The van der Waals surface area contributed by atoms with Gasteiger partial charge in [0.1, 0.15) is 6.61 Å². The highest BCUT2D eigenvalue weighted by Crippen LogP contribution is 2.42. The molecule has 0 radical (unpaired) electrons. The summed E-state index contributed by atoms with van der Waals surface area (Å²) in [5, 5.41) is 2.39. The monoisotopic (exact) mass is 501 g/mol. The van der Waals surface area contributed by atoms with E-state index in [-0.39, 0.29) is 31.1 Å². The number of aryl methyl sites for hydroxylation is 1. The summed E-state index contributed by atoms with van der Waals surface area (Å²) in [6.07, 6.45) is 9.23. The second-order valence-electron chi connectivity index (χ2n) is 10.2. The number of hydrogen-bond donors (Lipinski definition) is 0. The average Bonchev–Trinajstić information content (AvgIpc) is 2.85. The Morgan fingerprint density at radius 2 is 1.80 bits per heavy atom. The molecule has 1 unspecified atom stereocenters. The van der Waals surface area contributed by atoms with Gasteiger partial charge in [0.05, 0.1) is 18.1 Å². The van der Waals surface area contributed by atoms with Crippen molar-refractivity contribution in [1.29, 1.82) is 0 Å². The second-order valence-corrected chi connectivity index (χ2v) is 13.9. The number of hydrogen-bond acceptors (Lipinski definition) is 4. The number of carbonyl (C=O) groups excluding carboxylic acids is 2. The van der Waals surface area contributed by atoms with Crippen LogP contribution >= 0.6 is 10.3 Å². The van der Waals surface area contributed by atoms with Crippen LogP contribution in [0.2, 0.25) is 0 Å². The van der Waals surface area contributed by atoms with Gasteiger partial charge in [-0.25, -0.2) is 0 Å². The van der Waals surface area contributed by atoms with Crippen molar-refractivity contribution in [3.8, 4) is 0 Å². The highest BCUT2D eigenvalue weighted by molar-refractivity contribution is 8.28. The molecule has 2 aromatic carbocycles. The van der Waals surface area contributed by atoms with E-state index in [1.165, 1.54) is 16.3 Å². The summed E-state index contributed by atoms with van der Waals surface area (Å²) in [6, 6.07) is 12.7. The lowest BCUT2D eigenvalue weighted by Gasteiger charge is -2.39. The second kappa shape index (κ2) is 12.6. The van der Waals surface area contributed by atoms with Crippen LogP contribution in [-0.4, -0.2) is 61.8 Å². The van der Waals surface area contributed by atoms with Crippen molar-refractivity contribution in [2.45, 2.75) is 47.1 Å². The molecule has 2 atom stereocenters. The number of rotatable bonds is 13. The molecule has 6 heteroatoms. The molecule has 0 aliphatic carbocycles. The molecule has 0 aliphatic heterocycles. The van der Waals surface area contributed by atoms with Gasteiger partial charge in [-0.15, -0.1) is 10.3 Å². The zero-order chi connectivity index (χ0) is 26.2. The van der Waals surface area contributed by atoms with Gasteiger partial charge in [0.15, 0.2) is 0 Å². The van der Waals surface area contributed by atoms with E-state index in [2.05, 4.69) is 62.8 Å². The lowest BCUT2D eigenvalue weighted by atomic mass is 9.87. The van der Waals surface area contributed by atoms with Crippen LogP contribution in [-0.2, 0) is 24.9 Å². The number of fused-ring (bicyclic) bond motifs is 1. The van der Waals surface area contributed by atoms with Crippen LogP contribution in [0, 0.1) is 11.3 Å². The van der Waals surface area contributed by atoms with Crippen LogP contribution in [0.1, 0.15) is 45.7 Å². The van der Waals surface area contributed by atoms with E-state index in [9.17, 15) is 9.59 Å². The predicted octanol–water partition coefficient (Wildman–Crippen LogP) is 6.09. The molecule has 0 N–H and O–H groups in total. The van der Waals surface area contributed by atoms with Crippen LogP contribution in [0.4, 0.5) is 0 Å². The number of benzene rings is 2. The van der Waals surface area contributed by atoms with E-state index in [0.29, 0.717) is 6.47 Å². The van der Waals surface area contributed by atoms with Crippen LogP contribution in [0.3, 0.4) is 0 Å². The third-order valence-corrected chi connectivity index (χ3v) is 8.91. The smallest absolute Gasteiger partial charge is 0.293 e. The first-order chi connectivity index (χ1) is 16.5. The summed E-state index contributed by atoms with van der Waals surface area (Å²) in [6.45, 7) is 11.1. The number of ether oxygens (including phenoxy) is 1. The Hall–Kier alpha value is -2.31. The number of carbonyl (C=O) groups is 2. The van der Waals surface area contributed by atoms with Crippen LogP contribution < -0.4 is 0 Å². The Bertz CT molecular complexity index is 1030. The zero-order valence-electron chi connectivity index (χ0n) is 22.7. The van der Waals surface area contributed by atoms with Gasteiger partial charge in [0, 0.05) is 7.05 Å². The van der Waals surface area contributed by atoms with Gasteiger partial charge in [-0.3, -0.25) is 9.59 Å². The first-order valence-corrected chi connectivity index (χ1v) is 14.9. The topological polar surface area (TPSA) is 55.8 Å². The Labute approximate surface area is 213 Å². The molecule has 35 heavy (non-hydrogen) atoms. The van der Waals surface area contributed by atoms with E-state index in [0.717, 1.165) is 17.7 Å². The number of amides is 1. The summed E-state index contributed by atoms with van der Waals surface area (Å²) in [5.41, 5.74) is 1.47. The van der Waals surface area contributed by atoms with E-state index in [1.54, 1.807) is 11.9 Å². The summed E-state index contributed by atoms with van der Waals surface area (Å²) in [5.74, 6) is 0.995. The van der Waals surface area contributed by atoms with Gasteiger partial charge in [0.25, 0.3) is 6.47 Å². The molecule has 0 aromatic heterocycles. The largest absolute Gasteiger partial charge is 0.466 e. The van der Waals surface area contributed by atoms with Crippen molar-refractivity contribution in [3.63, 3.8) is 0 Å². The molecule has 0 spiro atoms. The fourth-order valence-corrected chi connectivity index (χ4v) is 4.64. The van der Waals surface area contributed by atoms with Gasteiger partial charge in [0.2, 0.25) is 5.91 Å². The van der Waals surface area contributed by atoms with Crippen molar-refractivity contribution < 1.29 is 18.5 Å². The minimum atomic E-state index is -1.26. The van der Waals surface area contributed by atoms with Crippen molar-refractivity contribution in [3.05, 3.63) is 53.6 Å².